The van der Waals surface area contributed by atoms with E-state index in [2.05, 4.69) is 62.5 Å². The molecule has 8 heteroatoms. The van der Waals surface area contributed by atoms with Crippen molar-refractivity contribution in [3.05, 3.63) is 89.0 Å². The van der Waals surface area contributed by atoms with Gasteiger partial charge in [0.1, 0.15) is 6.33 Å². The Morgan fingerprint density at radius 1 is 1.03 bits per heavy atom. The molecule has 2 aromatic heterocycles. The Bertz CT molecular complexity index is 1220. The summed E-state index contributed by atoms with van der Waals surface area (Å²) in [5, 5.41) is 4.25. The molecule has 2 heterocycles. The van der Waals surface area contributed by atoms with Crippen LogP contribution in [-0.4, -0.2) is 37.3 Å². The molecule has 0 aliphatic carbocycles. The number of hydrazone groups is 1. The maximum atomic E-state index is 5.85. The molecular formula is C24H25N7O. The van der Waals surface area contributed by atoms with E-state index in [0.29, 0.717) is 12.6 Å². The maximum Gasteiger partial charge on any atom is 0.323 e. The van der Waals surface area contributed by atoms with E-state index >= 15 is 0 Å². The van der Waals surface area contributed by atoms with Crippen molar-refractivity contribution in [2.24, 2.45) is 5.10 Å². The molecule has 0 amide bonds. The molecule has 0 radical (unpaired) electrons. The lowest BCUT2D eigenvalue weighted by molar-refractivity contribution is 0.295. The third kappa shape index (κ3) is 5.54. The fourth-order valence-electron chi connectivity index (χ4n) is 3.09. The molecule has 162 valence electrons. The molecular weight excluding hydrogens is 402 g/mol. The highest BCUT2D eigenvalue weighted by Crippen LogP contribution is 2.14. The van der Waals surface area contributed by atoms with E-state index < -0.39 is 0 Å². The summed E-state index contributed by atoms with van der Waals surface area (Å²) in [5.41, 5.74) is 8.76. The van der Waals surface area contributed by atoms with Crippen molar-refractivity contribution >= 4 is 12.2 Å². The molecule has 32 heavy (non-hydrogen) atoms. The van der Waals surface area contributed by atoms with Crippen molar-refractivity contribution in [2.45, 2.75) is 27.2 Å². The number of hydrogen-bond acceptors (Lipinski definition) is 7. The summed E-state index contributed by atoms with van der Waals surface area (Å²) in [5.74, 6) is 0.681. The van der Waals surface area contributed by atoms with Gasteiger partial charge >= 0.3 is 6.01 Å². The van der Waals surface area contributed by atoms with E-state index in [-0.39, 0.29) is 12.0 Å². The molecule has 0 saturated heterocycles. The van der Waals surface area contributed by atoms with Crippen LogP contribution >= 0.6 is 0 Å². The highest BCUT2D eigenvalue weighted by molar-refractivity contribution is 5.80. The maximum absolute atomic E-state index is 5.85. The molecule has 0 spiro atoms. The summed E-state index contributed by atoms with van der Waals surface area (Å²) in [7, 11) is 0. The standard InChI is InChI=1S/C24H25N7O/c1-17-5-4-6-21(13-17)15-26-30-22-27-23(31-11-10-25-16-31)29-24(28-22)32-12-9-20-8-7-18(2)19(3)14-20/h4-8,10-11,13-16H,9,12H2,1-3H3,(H,27,28,29,30)/b26-15+. The van der Waals surface area contributed by atoms with Gasteiger partial charge in [0.2, 0.25) is 5.95 Å². The van der Waals surface area contributed by atoms with Crippen molar-refractivity contribution in [3.63, 3.8) is 0 Å². The van der Waals surface area contributed by atoms with Crippen LogP contribution in [0.25, 0.3) is 5.95 Å². The lowest BCUT2D eigenvalue weighted by Crippen LogP contribution is -2.10. The summed E-state index contributed by atoms with van der Waals surface area (Å²) in [6, 6.07) is 14.7. The second kappa shape index (κ2) is 9.82. The number of anilines is 1. The monoisotopic (exact) mass is 427 g/mol. The van der Waals surface area contributed by atoms with E-state index in [0.717, 1.165) is 17.5 Å². The topological polar surface area (TPSA) is 90.1 Å². The van der Waals surface area contributed by atoms with E-state index in [4.69, 9.17) is 4.74 Å². The van der Waals surface area contributed by atoms with Gasteiger partial charge in [0.15, 0.2) is 0 Å². The zero-order chi connectivity index (χ0) is 22.3. The second-order valence-corrected chi connectivity index (χ2v) is 7.51. The number of rotatable bonds is 8. The van der Waals surface area contributed by atoms with Gasteiger partial charge in [-0.1, -0.05) is 48.0 Å². The molecule has 0 saturated carbocycles. The largest absolute Gasteiger partial charge is 0.463 e. The first-order valence-electron chi connectivity index (χ1n) is 10.4. The van der Waals surface area contributed by atoms with Gasteiger partial charge in [-0.15, -0.1) is 0 Å². The molecule has 0 atom stereocenters. The summed E-state index contributed by atoms with van der Waals surface area (Å²) >= 11 is 0. The highest BCUT2D eigenvalue weighted by Gasteiger charge is 2.09. The zero-order valence-corrected chi connectivity index (χ0v) is 18.4. The average molecular weight is 428 g/mol. The van der Waals surface area contributed by atoms with Crippen molar-refractivity contribution in [1.82, 2.24) is 24.5 Å². The van der Waals surface area contributed by atoms with E-state index in [1.54, 1.807) is 29.5 Å². The normalized spacial score (nSPS) is 11.1. The Morgan fingerprint density at radius 2 is 1.94 bits per heavy atom. The summed E-state index contributed by atoms with van der Waals surface area (Å²) in [6.07, 6.45) is 7.50. The number of aryl methyl sites for hydroxylation is 3. The van der Waals surface area contributed by atoms with Crippen LogP contribution in [0.15, 0.2) is 66.3 Å². The molecule has 1 N–H and O–H groups in total. The van der Waals surface area contributed by atoms with Crippen LogP contribution in [0.2, 0.25) is 0 Å². The van der Waals surface area contributed by atoms with Crippen LogP contribution in [0, 0.1) is 20.8 Å². The van der Waals surface area contributed by atoms with Crippen LogP contribution in [0.4, 0.5) is 5.95 Å². The number of nitrogens with one attached hydrogen (secondary N) is 1. The molecule has 0 aliphatic heterocycles. The van der Waals surface area contributed by atoms with Gasteiger partial charge in [0.05, 0.1) is 12.8 Å². The molecule has 8 nitrogen and oxygen atoms in total. The number of ether oxygens (including phenoxy) is 1. The SMILES string of the molecule is Cc1cccc(/C=N/Nc2nc(OCCc3ccc(C)c(C)c3)nc(-n3ccnc3)n2)c1. The third-order valence-corrected chi connectivity index (χ3v) is 4.95. The summed E-state index contributed by atoms with van der Waals surface area (Å²) in [4.78, 5) is 17.2. The minimum Gasteiger partial charge on any atom is -0.463 e. The zero-order valence-electron chi connectivity index (χ0n) is 18.4. The average Bonchev–Trinajstić information content (AvgIpc) is 3.31. The number of benzene rings is 2. The first kappa shape index (κ1) is 21.2. The Morgan fingerprint density at radius 3 is 2.72 bits per heavy atom. The predicted octanol–water partition coefficient (Wildman–Crippen LogP) is 4.05. The number of hydrogen-bond donors (Lipinski definition) is 1. The first-order chi connectivity index (χ1) is 15.6. The Balaban J connectivity index is 1.48. The number of aromatic nitrogens is 5. The van der Waals surface area contributed by atoms with Gasteiger partial charge < -0.3 is 4.74 Å². The van der Waals surface area contributed by atoms with Crippen LogP contribution in [-0.2, 0) is 6.42 Å². The van der Waals surface area contributed by atoms with Crippen molar-refractivity contribution < 1.29 is 4.74 Å². The second-order valence-electron chi connectivity index (χ2n) is 7.51. The van der Waals surface area contributed by atoms with Crippen LogP contribution in [0.5, 0.6) is 6.01 Å². The molecule has 0 aliphatic rings. The summed E-state index contributed by atoms with van der Waals surface area (Å²) in [6.45, 7) is 6.70. The van der Waals surface area contributed by atoms with E-state index in [1.165, 1.54) is 16.7 Å². The highest BCUT2D eigenvalue weighted by atomic mass is 16.5. The smallest absolute Gasteiger partial charge is 0.323 e. The molecule has 4 aromatic rings. The lowest BCUT2D eigenvalue weighted by atomic mass is 10.0. The third-order valence-electron chi connectivity index (χ3n) is 4.95. The predicted molar refractivity (Wildman–Crippen MR) is 124 cm³/mol. The van der Waals surface area contributed by atoms with E-state index in [1.807, 2.05) is 31.2 Å². The van der Waals surface area contributed by atoms with Crippen molar-refractivity contribution in [3.8, 4) is 12.0 Å². The van der Waals surface area contributed by atoms with Crippen molar-refractivity contribution in [2.75, 3.05) is 12.0 Å². The Hall–Kier alpha value is -4.07. The minimum absolute atomic E-state index is 0.223. The lowest BCUT2D eigenvalue weighted by Gasteiger charge is -2.09. The molecule has 0 fully saturated rings. The minimum atomic E-state index is 0.223. The van der Waals surface area contributed by atoms with Crippen LogP contribution in [0.3, 0.4) is 0 Å². The van der Waals surface area contributed by atoms with E-state index in [9.17, 15) is 0 Å². The quantitative estimate of drug-likeness (QED) is 0.337. The fourth-order valence-corrected chi connectivity index (χ4v) is 3.09. The van der Waals surface area contributed by atoms with Gasteiger partial charge in [-0.3, -0.25) is 4.57 Å². The van der Waals surface area contributed by atoms with Gasteiger partial charge in [-0.05, 0) is 43.0 Å². The van der Waals surface area contributed by atoms with Gasteiger partial charge in [-0.25, -0.2) is 10.4 Å². The van der Waals surface area contributed by atoms with Crippen LogP contribution in [0.1, 0.15) is 27.8 Å². The van der Waals surface area contributed by atoms with Crippen molar-refractivity contribution in [1.29, 1.82) is 0 Å². The Labute approximate surface area is 187 Å². The Kier molecular flexibility index (Phi) is 6.50. The van der Waals surface area contributed by atoms with Crippen LogP contribution < -0.4 is 10.2 Å². The molecule has 0 bridgehead atoms. The molecule has 4 rings (SSSR count). The number of nitrogens with zero attached hydrogens (tertiary/aromatic N) is 6. The van der Waals surface area contributed by atoms with Gasteiger partial charge in [0, 0.05) is 18.8 Å². The summed E-state index contributed by atoms with van der Waals surface area (Å²) < 4.78 is 7.54. The fraction of sp³-hybridized carbons (Fsp3) is 0.208. The molecule has 0 unspecified atom stereocenters. The first-order valence-corrected chi connectivity index (χ1v) is 10.4. The molecule has 2 aromatic carbocycles. The van der Waals surface area contributed by atoms with Gasteiger partial charge in [-0.2, -0.15) is 20.1 Å². The number of imidazole rings is 1. The van der Waals surface area contributed by atoms with Gasteiger partial charge in [0.25, 0.3) is 5.95 Å².